The molecular formula is C29H39F3N4O4Si. The van der Waals surface area contributed by atoms with Crippen LogP contribution in [0.25, 0.3) is 10.9 Å². The third kappa shape index (κ3) is 7.47. The van der Waals surface area contributed by atoms with Gasteiger partial charge in [-0.05, 0) is 67.9 Å². The van der Waals surface area contributed by atoms with Gasteiger partial charge in [0.15, 0.2) is 8.32 Å². The smallest absolute Gasteiger partial charge is 0.433 e. The summed E-state index contributed by atoms with van der Waals surface area (Å²) >= 11 is 0. The second-order valence-corrected chi connectivity index (χ2v) is 17.0. The number of hydrogen-bond donors (Lipinski definition) is 2. The number of benzene rings is 1. The van der Waals surface area contributed by atoms with Crippen LogP contribution in [0.2, 0.25) is 18.1 Å². The van der Waals surface area contributed by atoms with Crippen molar-refractivity contribution in [2.75, 3.05) is 25.1 Å². The van der Waals surface area contributed by atoms with Crippen LogP contribution in [-0.2, 0) is 10.6 Å². The number of pyridine rings is 1. The molecule has 12 heteroatoms. The van der Waals surface area contributed by atoms with Crippen molar-refractivity contribution in [3.8, 4) is 5.75 Å². The highest BCUT2D eigenvalue weighted by molar-refractivity contribution is 6.74. The summed E-state index contributed by atoms with van der Waals surface area (Å²) < 4.78 is 53.7. The van der Waals surface area contributed by atoms with E-state index in [1.54, 1.807) is 12.1 Å². The topological polar surface area (TPSA) is 98.5 Å². The van der Waals surface area contributed by atoms with Crippen LogP contribution in [0.3, 0.4) is 0 Å². The quantitative estimate of drug-likeness (QED) is 0.209. The number of hydrogen-bond acceptors (Lipinski definition) is 6. The molecular weight excluding hydrogens is 553 g/mol. The number of alkyl halides is 3. The number of nitrogens with zero attached hydrogens (tertiary/aromatic N) is 3. The van der Waals surface area contributed by atoms with E-state index in [4.69, 9.17) is 14.3 Å². The minimum Gasteiger partial charge on any atom is -0.489 e. The van der Waals surface area contributed by atoms with E-state index in [1.807, 2.05) is 10.9 Å². The van der Waals surface area contributed by atoms with Crippen LogP contribution in [0.5, 0.6) is 5.75 Å². The standard InChI is InChI=1S/C29H39F3N4O4Si/c1-28(2,3)41(4,5)40-14-13-39-25-16-23-20(17-36(35-23)21-11-9-19(18-37)10-12-21)15-24(25)34-27(38)22-7-6-8-26(33-22)29(30,31)32/h6-8,15-17,19,21,37H,9-14,18H2,1-5H3,(H,34,38). The molecule has 0 bridgehead atoms. The van der Waals surface area contributed by atoms with E-state index in [1.165, 1.54) is 6.07 Å². The predicted molar refractivity (Wildman–Crippen MR) is 154 cm³/mol. The van der Waals surface area contributed by atoms with Gasteiger partial charge in [-0.15, -0.1) is 0 Å². The number of ether oxygens (including phenoxy) is 1. The molecule has 0 spiro atoms. The highest BCUT2D eigenvalue weighted by Crippen LogP contribution is 2.37. The molecule has 1 aliphatic carbocycles. The number of anilines is 1. The van der Waals surface area contributed by atoms with Crippen molar-refractivity contribution >= 4 is 30.8 Å². The number of carbonyl (C=O) groups excluding carboxylic acids is 1. The molecule has 0 unspecified atom stereocenters. The zero-order chi connectivity index (χ0) is 30.0. The lowest BCUT2D eigenvalue weighted by molar-refractivity contribution is -0.141. The third-order valence-corrected chi connectivity index (χ3v) is 12.7. The van der Waals surface area contributed by atoms with Crippen molar-refractivity contribution in [3.05, 3.63) is 47.9 Å². The Morgan fingerprint density at radius 3 is 2.46 bits per heavy atom. The van der Waals surface area contributed by atoms with Crippen LogP contribution in [0.4, 0.5) is 18.9 Å². The molecule has 0 atom stereocenters. The third-order valence-electron chi connectivity index (χ3n) is 8.20. The van der Waals surface area contributed by atoms with E-state index in [0.717, 1.165) is 43.2 Å². The highest BCUT2D eigenvalue weighted by Gasteiger charge is 2.37. The molecule has 0 radical (unpaired) electrons. The molecule has 0 saturated heterocycles. The van der Waals surface area contributed by atoms with E-state index in [2.05, 4.69) is 44.2 Å². The average Bonchev–Trinajstić information content (AvgIpc) is 3.33. The lowest BCUT2D eigenvalue weighted by Crippen LogP contribution is -2.41. The Labute approximate surface area is 239 Å². The van der Waals surface area contributed by atoms with Crippen LogP contribution < -0.4 is 10.1 Å². The maximum absolute atomic E-state index is 13.2. The van der Waals surface area contributed by atoms with Crippen molar-refractivity contribution in [1.82, 2.24) is 14.8 Å². The lowest BCUT2D eigenvalue weighted by atomic mass is 9.87. The van der Waals surface area contributed by atoms with Crippen molar-refractivity contribution in [1.29, 1.82) is 0 Å². The zero-order valence-corrected chi connectivity index (χ0v) is 25.2. The van der Waals surface area contributed by atoms with Crippen molar-refractivity contribution in [2.45, 2.75) is 76.8 Å². The van der Waals surface area contributed by atoms with Gasteiger partial charge in [-0.1, -0.05) is 26.8 Å². The first-order valence-corrected chi connectivity index (χ1v) is 16.8. The Morgan fingerprint density at radius 1 is 1.12 bits per heavy atom. The summed E-state index contributed by atoms with van der Waals surface area (Å²) in [6.45, 7) is 11.5. The Bertz CT molecular complexity index is 1360. The number of rotatable bonds is 9. The number of carbonyl (C=O) groups is 1. The van der Waals surface area contributed by atoms with Gasteiger partial charge in [0.1, 0.15) is 23.7 Å². The van der Waals surface area contributed by atoms with Gasteiger partial charge in [0, 0.05) is 24.3 Å². The fourth-order valence-electron chi connectivity index (χ4n) is 4.64. The van der Waals surface area contributed by atoms with Gasteiger partial charge < -0.3 is 19.6 Å². The van der Waals surface area contributed by atoms with Crippen LogP contribution in [-0.4, -0.2) is 53.9 Å². The first kappa shape index (κ1) is 31.0. The second kappa shape index (κ2) is 12.1. The maximum atomic E-state index is 13.2. The predicted octanol–water partition coefficient (Wildman–Crippen LogP) is 6.83. The monoisotopic (exact) mass is 592 g/mol. The molecule has 3 aromatic rings. The summed E-state index contributed by atoms with van der Waals surface area (Å²) in [5.74, 6) is -0.130. The Balaban J connectivity index is 1.58. The Morgan fingerprint density at radius 2 is 1.83 bits per heavy atom. The molecule has 1 amide bonds. The number of nitrogens with one attached hydrogen (secondary N) is 1. The minimum atomic E-state index is -4.67. The molecule has 1 fully saturated rings. The molecule has 0 aliphatic heterocycles. The van der Waals surface area contributed by atoms with Gasteiger partial charge in [0.2, 0.25) is 0 Å². The number of halogens is 3. The minimum absolute atomic E-state index is 0.0339. The molecule has 1 saturated carbocycles. The first-order valence-electron chi connectivity index (χ1n) is 13.9. The number of fused-ring (bicyclic) bond motifs is 1. The average molecular weight is 593 g/mol. The largest absolute Gasteiger partial charge is 0.489 e. The Hall–Kier alpha value is -2.96. The molecule has 2 N–H and O–H groups in total. The molecule has 2 heterocycles. The van der Waals surface area contributed by atoms with Crippen LogP contribution in [0.1, 0.15) is 68.7 Å². The zero-order valence-electron chi connectivity index (χ0n) is 24.2. The summed E-state index contributed by atoms with van der Waals surface area (Å²) in [7, 11) is -2.00. The first-order chi connectivity index (χ1) is 19.2. The van der Waals surface area contributed by atoms with Crippen LogP contribution in [0.15, 0.2) is 36.5 Å². The van der Waals surface area contributed by atoms with Gasteiger partial charge in [0.25, 0.3) is 5.91 Å². The second-order valence-electron chi connectivity index (χ2n) is 12.2. The Kier molecular flexibility index (Phi) is 9.15. The normalized spacial score (nSPS) is 18.5. The van der Waals surface area contributed by atoms with E-state index >= 15 is 0 Å². The highest BCUT2D eigenvalue weighted by atomic mass is 28.4. The molecule has 1 aliphatic rings. The summed E-state index contributed by atoms with van der Waals surface area (Å²) in [6.07, 6.45) is 0.882. The molecule has 1 aromatic carbocycles. The lowest BCUT2D eigenvalue weighted by Gasteiger charge is -2.36. The number of aliphatic hydroxyl groups excluding tert-OH is 1. The fourth-order valence-corrected chi connectivity index (χ4v) is 5.66. The fraction of sp³-hybridized carbons (Fsp3) is 0.552. The van der Waals surface area contributed by atoms with Gasteiger partial charge in [-0.2, -0.15) is 18.3 Å². The van der Waals surface area contributed by atoms with Gasteiger partial charge in [-0.3, -0.25) is 9.48 Å². The molecule has 8 nitrogen and oxygen atoms in total. The number of aliphatic hydroxyl groups is 1. The summed E-state index contributed by atoms with van der Waals surface area (Å²) in [6, 6.07) is 6.85. The molecule has 41 heavy (non-hydrogen) atoms. The SMILES string of the molecule is CC(C)(C)[Si](C)(C)OCCOc1cc2nn(C3CCC(CO)CC3)cc2cc1NC(=O)c1cccc(C(F)(F)F)n1. The van der Waals surface area contributed by atoms with Gasteiger partial charge >= 0.3 is 6.18 Å². The molecule has 2 aromatic heterocycles. The number of amides is 1. The summed E-state index contributed by atoms with van der Waals surface area (Å²) in [5.41, 5.74) is -0.525. The van der Waals surface area contributed by atoms with Crippen LogP contribution >= 0.6 is 0 Å². The van der Waals surface area contributed by atoms with Gasteiger partial charge in [0.05, 0.1) is 23.9 Å². The molecule has 224 valence electrons. The van der Waals surface area contributed by atoms with Crippen molar-refractivity contribution in [2.24, 2.45) is 5.92 Å². The number of aromatic nitrogens is 3. The van der Waals surface area contributed by atoms with Gasteiger partial charge in [-0.25, -0.2) is 4.98 Å². The van der Waals surface area contributed by atoms with E-state index in [9.17, 15) is 23.1 Å². The summed E-state index contributed by atoms with van der Waals surface area (Å²) in [4.78, 5) is 16.5. The van der Waals surface area contributed by atoms with E-state index < -0.39 is 26.1 Å². The molecule has 4 rings (SSSR count). The summed E-state index contributed by atoms with van der Waals surface area (Å²) in [5, 5.41) is 17.7. The van der Waals surface area contributed by atoms with E-state index in [-0.39, 0.29) is 30.0 Å². The van der Waals surface area contributed by atoms with Crippen molar-refractivity contribution < 1.29 is 32.2 Å². The maximum Gasteiger partial charge on any atom is 0.433 e. The van der Waals surface area contributed by atoms with Crippen molar-refractivity contribution in [3.63, 3.8) is 0 Å². The van der Waals surface area contributed by atoms with Crippen LogP contribution in [0, 0.1) is 5.92 Å². The van der Waals surface area contributed by atoms with E-state index in [0.29, 0.717) is 29.5 Å².